The number of thiazole rings is 1. The van der Waals surface area contributed by atoms with Gasteiger partial charge < -0.3 is 20.7 Å². The highest BCUT2D eigenvalue weighted by molar-refractivity contribution is 7.19. The van der Waals surface area contributed by atoms with Crippen molar-refractivity contribution in [3.05, 3.63) is 102 Å². The van der Waals surface area contributed by atoms with Crippen LogP contribution in [0.2, 0.25) is 0 Å². The van der Waals surface area contributed by atoms with E-state index in [2.05, 4.69) is 42.9 Å². The Labute approximate surface area is 299 Å². The van der Waals surface area contributed by atoms with Gasteiger partial charge in [-0.2, -0.15) is 0 Å². The number of likely N-dealkylation sites (tertiary alicyclic amines) is 1. The molecule has 0 spiro atoms. The van der Waals surface area contributed by atoms with E-state index < -0.39 is 23.1 Å². The van der Waals surface area contributed by atoms with Crippen molar-refractivity contribution in [2.75, 3.05) is 68.4 Å². The van der Waals surface area contributed by atoms with Crippen LogP contribution in [0.25, 0.3) is 21.8 Å². The fourth-order valence-electron chi connectivity index (χ4n) is 6.36. The van der Waals surface area contributed by atoms with Crippen LogP contribution in [-0.4, -0.2) is 83.1 Å². The van der Waals surface area contributed by atoms with Gasteiger partial charge in [-0.15, -0.1) is 0 Å². The number of ether oxygens (including phenoxy) is 1. The van der Waals surface area contributed by atoms with E-state index in [9.17, 15) is 13.6 Å². The number of aromatic nitrogens is 3. The number of morpholine rings is 1. The van der Waals surface area contributed by atoms with Crippen LogP contribution in [0.1, 0.15) is 35.2 Å². The number of benzene rings is 3. The van der Waals surface area contributed by atoms with Gasteiger partial charge >= 0.3 is 0 Å². The molecule has 0 unspecified atom stereocenters. The molecule has 7 rings (SSSR count). The largest absolute Gasteiger partial charge is 0.379 e. The first-order valence-corrected chi connectivity index (χ1v) is 18.1. The second kappa shape index (κ2) is 16.5. The Bertz CT molecular complexity index is 1940. The number of rotatable bonds is 13. The summed E-state index contributed by atoms with van der Waals surface area (Å²) in [5.74, 6) is -2.28. The van der Waals surface area contributed by atoms with Gasteiger partial charge in [-0.05, 0) is 86.9 Å². The molecular weight excluding hydrogens is 671 g/mol. The Morgan fingerprint density at radius 1 is 0.863 bits per heavy atom. The predicted octanol–water partition coefficient (Wildman–Crippen LogP) is 7.27. The predicted molar refractivity (Wildman–Crippen MR) is 197 cm³/mol. The highest BCUT2D eigenvalue weighted by atomic mass is 32.1. The van der Waals surface area contributed by atoms with Crippen molar-refractivity contribution in [2.45, 2.75) is 25.8 Å². The Morgan fingerprint density at radius 2 is 1.63 bits per heavy atom. The van der Waals surface area contributed by atoms with Crippen LogP contribution >= 0.6 is 11.3 Å². The van der Waals surface area contributed by atoms with Gasteiger partial charge in [-0.1, -0.05) is 41.7 Å². The molecule has 0 atom stereocenters. The Hall–Kier alpha value is -4.82. The third-order valence-electron chi connectivity index (χ3n) is 8.92. The second-order valence-corrected chi connectivity index (χ2v) is 13.6. The monoisotopic (exact) mass is 710 g/mol. The number of carbonyl (C=O) groups excluding carboxylic acids is 1. The average Bonchev–Trinajstić information content (AvgIpc) is 3.81. The number of hydrogen-bond acceptors (Lipinski definition) is 10. The second-order valence-electron chi connectivity index (χ2n) is 12.6. The third-order valence-corrected chi connectivity index (χ3v) is 9.95. The summed E-state index contributed by atoms with van der Waals surface area (Å²) < 4.78 is 34.2. The summed E-state index contributed by atoms with van der Waals surface area (Å²) in [5.41, 5.74) is 3.92. The zero-order valence-electron chi connectivity index (χ0n) is 28.2. The number of halogens is 2. The summed E-state index contributed by atoms with van der Waals surface area (Å²) in [6.45, 7) is 8.28. The van der Waals surface area contributed by atoms with E-state index in [-0.39, 0.29) is 0 Å². The van der Waals surface area contributed by atoms with Crippen molar-refractivity contribution in [3.63, 3.8) is 0 Å². The highest BCUT2D eigenvalue weighted by Gasteiger charge is 2.20. The molecular formula is C38H40F2N8O2S. The number of carbonyl (C=O) groups is 1. The van der Waals surface area contributed by atoms with Crippen molar-refractivity contribution >= 4 is 39.7 Å². The maximum absolute atomic E-state index is 14.4. The number of nitrogens with one attached hydrogen (secondary N) is 3. The summed E-state index contributed by atoms with van der Waals surface area (Å²) in [6.07, 6.45) is 5.15. The van der Waals surface area contributed by atoms with Crippen molar-refractivity contribution in [3.8, 4) is 21.8 Å². The lowest BCUT2D eigenvalue weighted by molar-refractivity contribution is 0.0378. The van der Waals surface area contributed by atoms with Crippen molar-refractivity contribution in [1.82, 2.24) is 24.8 Å². The van der Waals surface area contributed by atoms with Crippen LogP contribution in [0.5, 0.6) is 0 Å². The molecule has 2 aliphatic rings. The van der Waals surface area contributed by atoms with E-state index in [0.29, 0.717) is 28.6 Å². The number of amides is 1. The fourth-order valence-corrected chi connectivity index (χ4v) is 7.34. The smallest absolute Gasteiger partial charge is 0.261 e. The standard InChI is InChI=1S/C38H40F2N8O2S/c39-30-11-5-12-31(40)33(30)36(49)43-29-10-4-8-27(24-29)34-35(51-38(46-34)42-14-6-18-47-19-21-50-22-20-47)32-13-15-41-37(45-32)44-28-9-3-7-26(23-28)25-48-16-1-2-17-48/h3-5,7-13,15,23-24H,1-2,6,14,16-22,25H2,(H,42,46)(H,43,49)(H,41,44,45). The molecule has 3 N–H and O–H groups in total. The minimum Gasteiger partial charge on any atom is -0.379 e. The number of anilines is 4. The Morgan fingerprint density at radius 3 is 2.45 bits per heavy atom. The van der Waals surface area contributed by atoms with Crippen LogP contribution in [-0.2, 0) is 11.3 Å². The molecule has 264 valence electrons. The molecule has 2 fully saturated rings. The van der Waals surface area contributed by atoms with E-state index in [1.807, 2.05) is 24.3 Å². The van der Waals surface area contributed by atoms with Crippen molar-refractivity contribution in [1.29, 1.82) is 0 Å². The third kappa shape index (κ3) is 8.92. The van der Waals surface area contributed by atoms with Crippen molar-refractivity contribution < 1.29 is 18.3 Å². The molecule has 0 aliphatic carbocycles. The van der Waals surface area contributed by atoms with E-state index in [0.717, 1.165) is 93.3 Å². The molecule has 10 nitrogen and oxygen atoms in total. The fraction of sp³-hybridized carbons (Fsp3) is 0.316. The normalized spacial score (nSPS) is 15.2. The molecule has 5 aromatic rings. The summed E-state index contributed by atoms with van der Waals surface area (Å²) in [6, 6.07) is 20.6. The van der Waals surface area contributed by atoms with Crippen LogP contribution in [0.4, 0.5) is 31.2 Å². The highest BCUT2D eigenvalue weighted by Crippen LogP contribution is 2.39. The first kappa shape index (κ1) is 34.6. The number of hydrogen-bond donors (Lipinski definition) is 3. The van der Waals surface area contributed by atoms with Gasteiger partial charge in [0.25, 0.3) is 5.91 Å². The zero-order chi connectivity index (χ0) is 35.0. The molecule has 0 saturated carbocycles. The molecule has 3 aromatic carbocycles. The molecule has 0 radical (unpaired) electrons. The molecule has 2 aromatic heterocycles. The van der Waals surface area contributed by atoms with Gasteiger partial charge in [-0.3, -0.25) is 14.6 Å². The Balaban J connectivity index is 1.13. The lowest BCUT2D eigenvalue weighted by atomic mass is 10.1. The van der Waals surface area contributed by atoms with Gasteiger partial charge in [0.15, 0.2) is 5.13 Å². The maximum atomic E-state index is 14.4. The van der Waals surface area contributed by atoms with E-state index in [1.54, 1.807) is 24.4 Å². The molecule has 0 bridgehead atoms. The summed E-state index contributed by atoms with van der Waals surface area (Å²) in [5, 5.41) is 10.2. The lowest BCUT2D eigenvalue weighted by Crippen LogP contribution is -2.37. The van der Waals surface area contributed by atoms with Crippen molar-refractivity contribution in [2.24, 2.45) is 0 Å². The van der Waals surface area contributed by atoms with E-state index >= 15 is 0 Å². The minimum atomic E-state index is -0.929. The first-order valence-electron chi connectivity index (χ1n) is 17.3. The lowest BCUT2D eigenvalue weighted by Gasteiger charge is -2.26. The molecule has 51 heavy (non-hydrogen) atoms. The molecule has 4 heterocycles. The average molecular weight is 711 g/mol. The molecule has 2 aliphatic heterocycles. The van der Waals surface area contributed by atoms with Gasteiger partial charge in [0, 0.05) is 49.3 Å². The SMILES string of the molecule is O=C(Nc1cccc(-c2nc(NCCCN3CCOCC3)sc2-c2ccnc(Nc3cccc(CN4CCCC4)c3)n2)c1)c1c(F)cccc1F. The zero-order valence-corrected chi connectivity index (χ0v) is 29.0. The molecule has 2 saturated heterocycles. The summed E-state index contributed by atoms with van der Waals surface area (Å²) in [7, 11) is 0. The van der Waals surface area contributed by atoms with Gasteiger partial charge in [-0.25, -0.2) is 23.7 Å². The van der Waals surface area contributed by atoms with Gasteiger partial charge in [0.1, 0.15) is 17.2 Å². The first-order chi connectivity index (χ1) is 25.0. The summed E-state index contributed by atoms with van der Waals surface area (Å²) in [4.78, 5) is 33.0. The van der Waals surface area contributed by atoms with E-state index in [1.165, 1.54) is 35.8 Å². The van der Waals surface area contributed by atoms with Crippen LogP contribution < -0.4 is 16.0 Å². The molecule has 1 amide bonds. The summed E-state index contributed by atoms with van der Waals surface area (Å²) >= 11 is 1.48. The number of nitrogens with zero attached hydrogens (tertiary/aromatic N) is 5. The Kier molecular flexibility index (Phi) is 11.2. The minimum absolute atomic E-state index is 0.373. The van der Waals surface area contributed by atoms with Crippen LogP contribution in [0, 0.1) is 11.6 Å². The van der Waals surface area contributed by atoms with Gasteiger partial charge in [0.05, 0.1) is 29.5 Å². The molecule has 13 heteroatoms. The topological polar surface area (TPSA) is 108 Å². The van der Waals surface area contributed by atoms with Crippen LogP contribution in [0.15, 0.2) is 79.0 Å². The maximum Gasteiger partial charge on any atom is 0.261 e. The quantitative estimate of drug-likeness (QED) is 0.109. The van der Waals surface area contributed by atoms with Crippen LogP contribution in [0.3, 0.4) is 0 Å². The van der Waals surface area contributed by atoms with E-state index in [4.69, 9.17) is 14.7 Å². The van der Waals surface area contributed by atoms with Gasteiger partial charge in [0.2, 0.25) is 5.95 Å².